The molecule has 0 unspecified atom stereocenters. The molecule has 0 N–H and O–H groups in total. The number of esters is 1. The summed E-state index contributed by atoms with van der Waals surface area (Å²) >= 11 is 0. The molecule has 0 radical (unpaired) electrons. The van der Waals surface area contributed by atoms with E-state index in [1.807, 2.05) is 102 Å². The molecule has 0 atom stereocenters. The number of nitrogens with zero attached hydrogens (tertiary/aromatic N) is 1. The first-order chi connectivity index (χ1) is 13.8. The van der Waals surface area contributed by atoms with Crippen LogP contribution in [0.15, 0.2) is 103 Å². The van der Waals surface area contributed by atoms with Crippen molar-refractivity contribution in [3.05, 3.63) is 115 Å². The van der Waals surface area contributed by atoms with Crippen molar-refractivity contribution in [3.63, 3.8) is 0 Å². The molecule has 0 aliphatic carbocycles. The van der Waals surface area contributed by atoms with E-state index in [9.17, 15) is 4.79 Å². The maximum atomic E-state index is 12.5. The Labute approximate surface area is 163 Å². The molecular weight excluding hydrogens is 350 g/mol. The van der Waals surface area contributed by atoms with E-state index >= 15 is 0 Å². The molecule has 4 heteroatoms. The lowest BCUT2D eigenvalue weighted by molar-refractivity contribution is 0.0472. The van der Waals surface area contributed by atoms with Crippen LogP contribution in [0.2, 0.25) is 0 Å². The summed E-state index contributed by atoms with van der Waals surface area (Å²) < 4.78 is 13.3. The van der Waals surface area contributed by atoms with Crippen LogP contribution in [-0.4, -0.2) is 10.5 Å². The Bertz CT molecular complexity index is 1060. The number of para-hydroxylation sites is 1. The lowest BCUT2D eigenvalue weighted by Gasteiger charge is -2.09. The van der Waals surface area contributed by atoms with Crippen LogP contribution in [0, 0.1) is 0 Å². The van der Waals surface area contributed by atoms with Crippen LogP contribution in [0.25, 0.3) is 5.69 Å². The molecule has 0 bridgehead atoms. The van der Waals surface area contributed by atoms with Gasteiger partial charge in [0.2, 0.25) is 0 Å². The molecule has 4 nitrogen and oxygen atoms in total. The average molecular weight is 369 g/mol. The van der Waals surface area contributed by atoms with Gasteiger partial charge >= 0.3 is 5.97 Å². The smallest absolute Gasteiger partial charge is 0.338 e. The second kappa shape index (κ2) is 8.27. The number of carbonyl (C=O) groups is 1. The normalized spacial score (nSPS) is 10.4. The molecule has 1 heterocycles. The Balaban J connectivity index is 1.41. The quantitative estimate of drug-likeness (QED) is 0.414. The molecule has 0 spiro atoms. The largest absolute Gasteiger partial charge is 0.457 e. The SMILES string of the molecule is O=C(OCc1cccc(Oc2ccccc2)c1)c1cccc(-n2cccc2)c1. The highest BCUT2D eigenvalue weighted by atomic mass is 16.5. The molecule has 4 aromatic rings. The highest BCUT2D eigenvalue weighted by molar-refractivity contribution is 5.90. The van der Waals surface area contributed by atoms with Gasteiger partial charge in [-0.25, -0.2) is 4.79 Å². The van der Waals surface area contributed by atoms with Crippen LogP contribution in [0.5, 0.6) is 11.5 Å². The van der Waals surface area contributed by atoms with E-state index in [4.69, 9.17) is 9.47 Å². The summed E-state index contributed by atoms with van der Waals surface area (Å²) in [6, 6.07) is 28.3. The van der Waals surface area contributed by atoms with E-state index in [0.29, 0.717) is 11.3 Å². The van der Waals surface area contributed by atoms with E-state index in [1.54, 1.807) is 6.07 Å². The minimum atomic E-state index is -0.358. The first kappa shape index (κ1) is 17.6. The van der Waals surface area contributed by atoms with Crippen LogP contribution in [0.4, 0.5) is 0 Å². The average Bonchev–Trinajstić information content (AvgIpc) is 3.28. The zero-order valence-electron chi connectivity index (χ0n) is 15.2. The van der Waals surface area contributed by atoms with Crippen molar-refractivity contribution in [1.29, 1.82) is 0 Å². The Morgan fingerprint density at radius 3 is 2.32 bits per heavy atom. The number of carbonyl (C=O) groups excluding carboxylic acids is 1. The molecule has 4 rings (SSSR count). The molecular formula is C24H19NO3. The molecule has 138 valence electrons. The summed E-state index contributed by atoms with van der Waals surface area (Å²) in [5, 5.41) is 0. The Morgan fingerprint density at radius 2 is 1.50 bits per heavy atom. The minimum absolute atomic E-state index is 0.179. The first-order valence-corrected chi connectivity index (χ1v) is 9.00. The van der Waals surface area contributed by atoms with Gasteiger partial charge in [0, 0.05) is 18.1 Å². The van der Waals surface area contributed by atoms with Crippen molar-refractivity contribution in [1.82, 2.24) is 4.57 Å². The summed E-state index contributed by atoms with van der Waals surface area (Å²) in [7, 11) is 0. The van der Waals surface area contributed by atoms with Gasteiger partial charge in [-0.05, 0) is 60.2 Å². The van der Waals surface area contributed by atoms with E-state index in [2.05, 4.69) is 0 Å². The molecule has 0 fully saturated rings. The maximum absolute atomic E-state index is 12.5. The third-order valence-electron chi connectivity index (χ3n) is 4.23. The van der Waals surface area contributed by atoms with Crippen molar-refractivity contribution in [2.75, 3.05) is 0 Å². The predicted molar refractivity (Wildman–Crippen MR) is 108 cm³/mol. The van der Waals surface area contributed by atoms with Gasteiger partial charge in [-0.2, -0.15) is 0 Å². The van der Waals surface area contributed by atoms with Crippen molar-refractivity contribution >= 4 is 5.97 Å². The molecule has 3 aromatic carbocycles. The van der Waals surface area contributed by atoms with Crippen molar-refractivity contribution in [2.24, 2.45) is 0 Å². The summed E-state index contributed by atoms with van der Waals surface area (Å²) in [4.78, 5) is 12.5. The standard InChI is InChI=1S/C24H19NO3/c26-24(20-9-7-10-21(17-20)25-14-4-5-15-25)27-18-19-8-6-13-23(16-19)28-22-11-2-1-3-12-22/h1-17H,18H2. The van der Waals surface area contributed by atoms with Crippen LogP contribution < -0.4 is 4.74 Å². The Morgan fingerprint density at radius 1 is 0.750 bits per heavy atom. The fourth-order valence-electron chi connectivity index (χ4n) is 2.86. The maximum Gasteiger partial charge on any atom is 0.338 e. The van der Waals surface area contributed by atoms with Gasteiger partial charge in [-0.1, -0.05) is 36.4 Å². The van der Waals surface area contributed by atoms with Crippen LogP contribution in [0.3, 0.4) is 0 Å². The van der Waals surface area contributed by atoms with E-state index < -0.39 is 0 Å². The topological polar surface area (TPSA) is 40.5 Å². The third kappa shape index (κ3) is 4.30. The van der Waals surface area contributed by atoms with E-state index in [-0.39, 0.29) is 12.6 Å². The van der Waals surface area contributed by atoms with Gasteiger partial charge in [-0.3, -0.25) is 0 Å². The molecule has 0 aliphatic rings. The van der Waals surface area contributed by atoms with Gasteiger partial charge in [0.05, 0.1) is 5.56 Å². The van der Waals surface area contributed by atoms with Crippen molar-refractivity contribution in [2.45, 2.75) is 6.61 Å². The number of rotatable bonds is 6. The van der Waals surface area contributed by atoms with Crippen molar-refractivity contribution < 1.29 is 14.3 Å². The highest BCUT2D eigenvalue weighted by Gasteiger charge is 2.09. The number of ether oxygens (including phenoxy) is 2. The van der Waals surface area contributed by atoms with Gasteiger partial charge in [-0.15, -0.1) is 0 Å². The van der Waals surface area contributed by atoms with Gasteiger partial charge in [0.15, 0.2) is 0 Å². The Hall–Kier alpha value is -3.79. The lowest BCUT2D eigenvalue weighted by Crippen LogP contribution is -2.06. The van der Waals surface area contributed by atoms with Gasteiger partial charge in [0.1, 0.15) is 18.1 Å². The lowest BCUT2D eigenvalue weighted by atomic mass is 10.2. The van der Waals surface area contributed by atoms with Crippen LogP contribution in [0.1, 0.15) is 15.9 Å². The summed E-state index contributed by atoms with van der Waals surface area (Å²) in [6.07, 6.45) is 3.87. The fraction of sp³-hybridized carbons (Fsp3) is 0.0417. The summed E-state index contributed by atoms with van der Waals surface area (Å²) in [5.41, 5.74) is 2.30. The van der Waals surface area contributed by atoms with Gasteiger partial charge < -0.3 is 14.0 Å². The summed E-state index contributed by atoms with van der Waals surface area (Å²) in [5.74, 6) is 1.11. The van der Waals surface area contributed by atoms with Crippen LogP contribution >= 0.6 is 0 Å². The van der Waals surface area contributed by atoms with Gasteiger partial charge in [0.25, 0.3) is 0 Å². The number of aromatic nitrogens is 1. The van der Waals surface area contributed by atoms with Crippen LogP contribution in [-0.2, 0) is 11.3 Å². The third-order valence-corrected chi connectivity index (χ3v) is 4.23. The Kier molecular flexibility index (Phi) is 5.20. The molecule has 0 saturated heterocycles. The predicted octanol–water partition coefficient (Wildman–Crippen LogP) is 5.63. The monoisotopic (exact) mass is 369 g/mol. The molecule has 0 amide bonds. The zero-order valence-corrected chi connectivity index (χ0v) is 15.2. The summed E-state index contributed by atoms with van der Waals surface area (Å²) in [6.45, 7) is 0.179. The first-order valence-electron chi connectivity index (χ1n) is 9.00. The molecule has 1 aromatic heterocycles. The van der Waals surface area contributed by atoms with E-state index in [1.165, 1.54) is 0 Å². The highest BCUT2D eigenvalue weighted by Crippen LogP contribution is 2.22. The second-order valence-corrected chi connectivity index (χ2v) is 6.28. The van der Waals surface area contributed by atoms with Crippen molar-refractivity contribution in [3.8, 4) is 17.2 Å². The minimum Gasteiger partial charge on any atom is -0.457 e. The van der Waals surface area contributed by atoms with E-state index in [0.717, 1.165) is 17.0 Å². The second-order valence-electron chi connectivity index (χ2n) is 6.28. The number of hydrogen-bond acceptors (Lipinski definition) is 3. The number of benzene rings is 3. The zero-order chi connectivity index (χ0) is 19.2. The molecule has 28 heavy (non-hydrogen) atoms. The number of hydrogen-bond donors (Lipinski definition) is 0. The fourth-order valence-corrected chi connectivity index (χ4v) is 2.86. The molecule has 0 aliphatic heterocycles. The molecule has 0 saturated carbocycles.